The highest BCUT2D eigenvalue weighted by atomic mass is 79.9. The van der Waals surface area contributed by atoms with Crippen molar-refractivity contribution in [2.45, 2.75) is 52.1 Å². The van der Waals surface area contributed by atoms with Gasteiger partial charge in [0.2, 0.25) is 0 Å². The molecule has 0 amide bonds. The van der Waals surface area contributed by atoms with Gasteiger partial charge >= 0.3 is 0 Å². The van der Waals surface area contributed by atoms with Crippen molar-refractivity contribution >= 4 is 15.9 Å². The van der Waals surface area contributed by atoms with Gasteiger partial charge in [-0.25, -0.2) is 0 Å². The summed E-state index contributed by atoms with van der Waals surface area (Å²) in [6.07, 6.45) is 4.08. The second-order valence-electron chi connectivity index (χ2n) is 5.95. The normalized spacial score (nSPS) is 30.1. The third kappa shape index (κ3) is 3.58. The molecular formula is C16H24BrN. The second kappa shape index (κ2) is 6.21. The first kappa shape index (κ1) is 14.1. The van der Waals surface area contributed by atoms with Crippen LogP contribution in [0.25, 0.3) is 0 Å². The van der Waals surface area contributed by atoms with E-state index in [2.05, 4.69) is 66.3 Å². The van der Waals surface area contributed by atoms with E-state index in [0.29, 0.717) is 12.1 Å². The van der Waals surface area contributed by atoms with E-state index in [1.165, 1.54) is 29.3 Å². The highest BCUT2D eigenvalue weighted by Gasteiger charge is 2.26. The molecule has 1 aliphatic rings. The van der Waals surface area contributed by atoms with Crippen molar-refractivity contribution in [3.63, 3.8) is 0 Å². The van der Waals surface area contributed by atoms with Gasteiger partial charge in [0.15, 0.2) is 0 Å². The monoisotopic (exact) mass is 309 g/mol. The number of hydrogen-bond acceptors (Lipinski definition) is 1. The maximum atomic E-state index is 3.82. The molecule has 0 radical (unpaired) electrons. The Morgan fingerprint density at radius 1 is 1.28 bits per heavy atom. The molecule has 0 aromatic heterocycles. The van der Waals surface area contributed by atoms with Gasteiger partial charge in [-0.05, 0) is 49.3 Å². The lowest BCUT2D eigenvalue weighted by Crippen LogP contribution is -2.40. The zero-order valence-electron chi connectivity index (χ0n) is 11.6. The number of nitrogens with one attached hydrogen (secondary N) is 1. The molecule has 4 unspecified atom stereocenters. The van der Waals surface area contributed by atoms with Gasteiger partial charge in [-0.3, -0.25) is 0 Å². The fourth-order valence-corrected chi connectivity index (χ4v) is 3.37. The molecule has 100 valence electrons. The molecule has 1 N–H and O–H groups in total. The van der Waals surface area contributed by atoms with Crippen LogP contribution < -0.4 is 5.32 Å². The summed E-state index contributed by atoms with van der Waals surface area (Å²) in [6, 6.07) is 9.72. The summed E-state index contributed by atoms with van der Waals surface area (Å²) in [5, 5.41) is 3.82. The standard InChI is InChI=1S/C16H24BrN/c1-11-7-8-12(2)16(9-11)18-13(3)14-5-4-6-15(17)10-14/h4-6,10-13,16,18H,7-9H2,1-3H3. The average Bonchev–Trinajstić information content (AvgIpc) is 2.34. The quantitative estimate of drug-likeness (QED) is 0.835. The Balaban J connectivity index is 2.00. The molecule has 0 spiro atoms. The minimum absolute atomic E-state index is 0.431. The van der Waals surface area contributed by atoms with Gasteiger partial charge in [0.1, 0.15) is 0 Å². The van der Waals surface area contributed by atoms with Gasteiger partial charge in [-0.1, -0.05) is 48.3 Å². The highest BCUT2D eigenvalue weighted by molar-refractivity contribution is 9.10. The Morgan fingerprint density at radius 3 is 2.78 bits per heavy atom. The molecule has 1 fully saturated rings. The summed E-state index contributed by atoms with van der Waals surface area (Å²) in [4.78, 5) is 0. The van der Waals surface area contributed by atoms with Crippen LogP contribution in [0.5, 0.6) is 0 Å². The van der Waals surface area contributed by atoms with Crippen molar-refractivity contribution in [1.29, 1.82) is 0 Å². The first-order valence-corrected chi connectivity index (χ1v) is 7.87. The lowest BCUT2D eigenvalue weighted by Gasteiger charge is -2.35. The van der Waals surface area contributed by atoms with E-state index in [4.69, 9.17) is 0 Å². The van der Waals surface area contributed by atoms with Crippen LogP contribution in [0.2, 0.25) is 0 Å². The lowest BCUT2D eigenvalue weighted by atomic mass is 9.79. The van der Waals surface area contributed by atoms with Crippen LogP contribution in [0.4, 0.5) is 0 Å². The predicted molar refractivity (Wildman–Crippen MR) is 81.7 cm³/mol. The molecule has 1 aromatic rings. The lowest BCUT2D eigenvalue weighted by molar-refractivity contribution is 0.216. The van der Waals surface area contributed by atoms with E-state index in [0.717, 1.165) is 11.8 Å². The number of hydrogen-bond donors (Lipinski definition) is 1. The van der Waals surface area contributed by atoms with Crippen LogP contribution in [-0.4, -0.2) is 6.04 Å². The minimum atomic E-state index is 0.431. The minimum Gasteiger partial charge on any atom is -0.307 e. The van der Waals surface area contributed by atoms with Crippen molar-refractivity contribution in [2.75, 3.05) is 0 Å². The molecule has 0 heterocycles. The van der Waals surface area contributed by atoms with Gasteiger partial charge < -0.3 is 5.32 Å². The smallest absolute Gasteiger partial charge is 0.0294 e. The van der Waals surface area contributed by atoms with E-state index in [-0.39, 0.29) is 0 Å². The summed E-state index contributed by atoms with van der Waals surface area (Å²) in [7, 11) is 0. The maximum Gasteiger partial charge on any atom is 0.0294 e. The van der Waals surface area contributed by atoms with Gasteiger partial charge in [0.25, 0.3) is 0 Å². The summed E-state index contributed by atoms with van der Waals surface area (Å²) in [6.45, 7) is 7.04. The van der Waals surface area contributed by atoms with Crippen molar-refractivity contribution in [2.24, 2.45) is 11.8 Å². The van der Waals surface area contributed by atoms with Gasteiger partial charge in [0.05, 0.1) is 0 Å². The number of halogens is 1. The van der Waals surface area contributed by atoms with Crippen LogP contribution in [0.1, 0.15) is 51.6 Å². The Bertz CT molecular complexity index is 390. The highest BCUT2D eigenvalue weighted by Crippen LogP contribution is 2.30. The molecule has 4 atom stereocenters. The number of benzene rings is 1. The van der Waals surface area contributed by atoms with E-state index < -0.39 is 0 Å². The Kier molecular flexibility index (Phi) is 4.85. The van der Waals surface area contributed by atoms with Crippen molar-refractivity contribution in [3.05, 3.63) is 34.3 Å². The SMILES string of the molecule is CC1CCC(C)C(NC(C)c2cccc(Br)c2)C1. The number of rotatable bonds is 3. The first-order chi connectivity index (χ1) is 8.56. The van der Waals surface area contributed by atoms with Crippen molar-refractivity contribution in [1.82, 2.24) is 5.32 Å². The zero-order chi connectivity index (χ0) is 13.1. The molecule has 18 heavy (non-hydrogen) atoms. The Labute approximate surface area is 119 Å². The van der Waals surface area contributed by atoms with E-state index >= 15 is 0 Å². The largest absolute Gasteiger partial charge is 0.307 e. The van der Waals surface area contributed by atoms with Crippen LogP contribution in [-0.2, 0) is 0 Å². The third-order valence-electron chi connectivity index (χ3n) is 4.27. The van der Waals surface area contributed by atoms with E-state index in [1.807, 2.05) is 0 Å². The maximum absolute atomic E-state index is 3.82. The van der Waals surface area contributed by atoms with Crippen molar-refractivity contribution < 1.29 is 0 Å². The Hall–Kier alpha value is -0.340. The fourth-order valence-electron chi connectivity index (χ4n) is 2.96. The van der Waals surface area contributed by atoms with Crippen LogP contribution >= 0.6 is 15.9 Å². The molecule has 0 bridgehead atoms. The molecule has 1 nitrogen and oxygen atoms in total. The van der Waals surface area contributed by atoms with Gasteiger partial charge in [0, 0.05) is 16.6 Å². The summed E-state index contributed by atoms with van der Waals surface area (Å²) in [5.41, 5.74) is 1.37. The first-order valence-electron chi connectivity index (χ1n) is 7.07. The third-order valence-corrected chi connectivity index (χ3v) is 4.76. The summed E-state index contributed by atoms with van der Waals surface area (Å²) >= 11 is 3.55. The van der Waals surface area contributed by atoms with Crippen molar-refractivity contribution in [3.8, 4) is 0 Å². The average molecular weight is 310 g/mol. The van der Waals surface area contributed by atoms with Gasteiger partial charge in [-0.2, -0.15) is 0 Å². The predicted octanol–water partition coefficient (Wildman–Crippen LogP) is 4.92. The van der Waals surface area contributed by atoms with Crippen LogP contribution in [0, 0.1) is 11.8 Å². The summed E-state index contributed by atoms with van der Waals surface area (Å²) < 4.78 is 1.17. The van der Waals surface area contributed by atoms with E-state index in [1.54, 1.807) is 0 Å². The van der Waals surface area contributed by atoms with Crippen LogP contribution in [0.15, 0.2) is 28.7 Å². The fraction of sp³-hybridized carbons (Fsp3) is 0.625. The van der Waals surface area contributed by atoms with Crippen LogP contribution in [0.3, 0.4) is 0 Å². The molecule has 0 saturated heterocycles. The van der Waals surface area contributed by atoms with E-state index in [9.17, 15) is 0 Å². The molecule has 1 aliphatic carbocycles. The molecule has 1 saturated carbocycles. The Morgan fingerprint density at radius 2 is 2.06 bits per heavy atom. The zero-order valence-corrected chi connectivity index (χ0v) is 13.2. The second-order valence-corrected chi connectivity index (χ2v) is 6.86. The molecule has 2 rings (SSSR count). The van der Waals surface area contributed by atoms with Gasteiger partial charge in [-0.15, -0.1) is 0 Å². The molecule has 0 aliphatic heterocycles. The topological polar surface area (TPSA) is 12.0 Å². The molecule has 1 aromatic carbocycles. The summed E-state index contributed by atoms with van der Waals surface area (Å²) in [5.74, 6) is 1.67. The molecule has 2 heteroatoms. The molecular weight excluding hydrogens is 286 g/mol.